The van der Waals surface area contributed by atoms with Crippen LogP contribution in [0.25, 0.3) is 0 Å². The molecule has 1 heteroatoms. The van der Waals surface area contributed by atoms with Gasteiger partial charge < -0.3 is 0 Å². The van der Waals surface area contributed by atoms with E-state index in [9.17, 15) is 0 Å². The van der Waals surface area contributed by atoms with Crippen LogP contribution in [0, 0.1) is 40.9 Å². The summed E-state index contributed by atoms with van der Waals surface area (Å²) in [6, 6.07) is 0. The van der Waals surface area contributed by atoms with Gasteiger partial charge in [0.15, 0.2) is 0 Å². The van der Waals surface area contributed by atoms with Gasteiger partial charge in [0.25, 0.3) is 0 Å². The number of rotatable bonds is 2. The molecular weight excluding hydrogens is 308 g/mol. The molecule has 0 aliphatic heterocycles. The molecular formula is C19H29Br. The van der Waals surface area contributed by atoms with Gasteiger partial charge in [-0.25, -0.2) is 0 Å². The lowest BCUT2D eigenvalue weighted by Gasteiger charge is -2.44. The number of halogens is 1. The monoisotopic (exact) mass is 336 g/mol. The number of allylic oxidation sites excluding steroid dienone is 1. The first-order chi connectivity index (χ1) is 9.49. The molecule has 0 aromatic rings. The van der Waals surface area contributed by atoms with E-state index < -0.39 is 0 Å². The van der Waals surface area contributed by atoms with Crippen molar-refractivity contribution in [2.24, 2.45) is 29.1 Å². The lowest BCUT2D eigenvalue weighted by Crippen LogP contribution is -2.35. The van der Waals surface area contributed by atoms with Crippen LogP contribution in [0.4, 0.5) is 0 Å². The minimum Gasteiger partial charge on any atom is -0.103 e. The van der Waals surface area contributed by atoms with Crippen molar-refractivity contribution in [1.29, 1.82) is 0 Å². The topological polar surface area (TPSA) is 0 Å². The molecule has 112 valence electrons. The summed E-state index contributed by atoms with van der Waals surface area (Å²) < 4.78 is 0. The van der Waals surface area contributed by atoms with Crippen molar-refractivity contribution < 1.29 is 0 Å². The Bertz CT molecular complexity index is 423. The van der Waals surface area contributed by atoms with E-state index in [1.807, 2.05) is 0 Å². The summed E-state index contributed by atoms with van der Waals surface area (Å²) in [5, 5.41) is 0. The molecule has 2 rings (SSSR count). The number of fused-ring (bicyclic) bond motifs is 1. The van der Waals surface area contributed by atoms with E-state index in [1.165, 1.54) is 32.1 Å². The first kappa shape index (κ1) is 16.2. The Morgan fingerprint density at radius 2 is 2.10 bits per heavy atom. The molecule has 0 aromatic heterocycles. The molecule has 2 saturated carbocycles. The normalized spacial score (nSPS) is 36.6. The molecule has 0 spiro atoms. The van der Waals surface area contributed by atoms with Crippen molar-refractivity contribution in [2.75, 3.05) is 0 Å². The number of hydrogen-bond acceptors (Lipinski definition) is 0. The Morgan fingerprint density at radius 3 is 2.75 bits per heavy atom. The minimum absolute atomic E-state index is 0.506. The maximum absolute atomic E-state index is 3.60. The highest BCUT2D eigenvalue weighted by molar-refractivity contribution is 9.11. The molecule has 0 saturated heterocycles. The summed E-state index contributed by atoms with van der Waals surface area (Å²) in [7, 11) is 0. The lowest BCUT2D eigenvalue weighted by atomic mass is 9.61. The summed E-state index contributed by atoms with van der Waals surface area (Å²) in [5.74, 6) is 9.69. The van der Waals surface area contributed by atoms with Crippen LogP contribution >= 0.6 is 15.9 Å². The van der Waals surface area contributed by atoms with Crippen LogP contribution in [0.1, 0.15) is 66.2 Å². The van der Waals surface area contributed by atoms with Crippen LogP contribution in [0.3, 0.4) is 0 Å². The van der Waals surface area contributed by atoms with Crippen LogP contribution in [0.5, 0.6) is 0 Å². The second-order valence-corrected chi connectivity index (χ2v) is 7.89. The molecule has 1 unspecified atom stereocenters. The van der Waals surface area contributed by atoms with Crippen molar-refractivity contribution in [3.8, 4) is 11.8 Å². The zero-order valence-electron chi connectivity index (χ0n) is 13.5. The summed E-state index contributed by atoms with van der Waals surface area (Å²) in [4.78, 5) is 2.22. The Kier molecular flexibility index (Phi) is 5.41. The van der Waals surface area contributed by atoms with Crippen LogP contribution in [0.15, 0.2) is 10.6 Å². The molecule has 2 aliphatic carbocycles. The summed E-state index contributed by atoms with van der Waals surface area (Å²) in [6.45, 7) is 9.34. The van der Waals surface area contributed by atoms with Crippen LogP contribution in [0.2, 0.25) is 0 Å². The molecule has 0 nitrogen and oxygen atoms in total. The third kappa shape index (κ3) is 3.16. The van der Waals surface area contributed by atoms with Gasteiger partial charge in [-0.3, -0.25) is 0 Å². The summed E-state index contributed by atoms with van der Waals surface area (Å²) in [6.07, 6.45) is 7.95. The van der Waals surface area contributed by atoms with E-state index in [0.717, 1.165) is 24.2 Å². The molecule has 4 atom stereocenters. The maximum Gasteiger partial charge on any atom is 0.0146 e. The van der Waals surface area contributed by atoms with Gasteiger partial charge in [0, 0.05) is 12.3 Å². The molecule has 0 amide bonds. The highest BCUT2D eigenvalue weighted by Gasteiger charge is 2.50. The third-order valence-electron chi connectivity index (χ3n) is 5.68. The molecule has 2 aliphatic rings. The standard InChI is InChI=1S/C19H29Br/c1-14(2)7-5-8-15(3)17-10-11-18-16(13-20)9-6-12-19(17,18)4/h13-15,17-18H,6,8-12H2,1-4H3/b16-13+/t15-,17-,18?,19-/m1/s1. The highest BCUT2D eigenvalue weighted by atomic mass is 79.9. The third-order valence-corrected chi connectivity index (χ3v) is 6.27. The molecule has 20 heavy (non-hydrogen) atoms. The van der Waals surface area contributed by atoms with E-state index >= 15 is 0 Å². The molecule has 0 heterocycles. The predicted octanol–water partition coefficient (Wildman–Crippen LogP) is 6.17. The van der Waals surface area contributed by atoms with Gasteiger partial charge in [0.2, 0.25) is 0 Å². The van der Waals surface area contributed by atoms with Crippen molar-refractivity contribution in [2.45, 2.75) is 66.2 Å². The quantitative estimate of drug-likeness (QED) is 0.529. The first-order valence-electron chi connectivity index (χ1n) is 8.26. The SMILES string of the molecule is CC(C)C#CC[C@@H](C)[C@H]1CCC2/C(=C/Br)CCC[C@@]21C. The van der Waals surface area contributed by atoms with E-state index in [1.54, 1.807) is 5.57 Å². The smallest absolute Gasteiger partial charge is 0.0146 e. The average molecular weight is 337 g/mol. The second kappa shape index (κ2) is 6.69. The zero-order chi connectivity index (χ0) is 14.8. The van der Waals surface area contributed by atoms with Crippen molar-refractivity contribution >= 4 is 15.9 Å². The van der Waals surface area contributed by atoms with Crippen LogP contribution < -0.4 is 0 Å². The molecule has 2 fully saturated rings. The van der Waals surface area contributed by atoms with Gasteiger partial charge >= 0.3 is 0 Å². The van der Waals surface area contributed by atoms with Gasteiger partial charge in [-0.2, -0.15) is 0 Å². The average Bonchev–Trinajstić information content (AvgIpc) is 2.75. The van der Waals surface area contributed by atoms with Gasteiger partial charge in [0.1, 0.15) is 0 Å². The van der Waals surface area contributed by atoms with Crippen molar-refractivity contribution in [3.63, 3.8) is 0 Å². The van der Waals surface area contributed by atoms with E-state index in [-0.39, 0.29) is 0 Å². The molecule has 0 N–H and O–H groups in total. The minimum atomic E-state index is 0.506. The van der Waals surface area contributed by atoms with E-state index in [4.69, 9.17) is 0 Å². The van der Waals surface area contributed by atoms with Crippen molar-refractivity contribution in [3.05, 3.63) is 10.6 Å². The lowest BCUT2D eigenvalue weighted by molar-refractivity contribution is 0.0994. The Labute approximate surface area is 133 Å². The first-order valence-corrected chi connectivity index (χ1v) is 9.18. The largest absolute Gasteiger partial charge is 0.103 e. The van der Waals surface area contributed by atoms with Crippen molar-refractivity contribution in [1.82, 2.24) is 0 Å². The van der Waals surface area contributed by atoms with Gasteiger partial charge in [-0.05, 0) is 60.3 Å². The van der Waals surface area contributed by atoms with E-state index in [0.29, 0.717) is 11.3 Å². The fraction of sp³-hybridized carbons (Fsp3) is 0.789. The maximum atomic E-state index is 3.60. The van der Waals surface area contributed by atoms with Gasteiger partial charge in [0.05, 0.1) is 0 Å². The second-order valence-electron chi connectivity index (χ2n) is 7.44. The van der Waals surface area contributed by atoms with E-state index in [2.05, 4.69) is 60.5 Å². The Balaban J connectivity index is 2.09. The molecule has 0 aromatic carbocycles. The predicted molar refractivity (Wildman–Crippen MR) is 91.6 cm³/mol. The highest BCUT2D eigenvalue weighted by Crippen LogP contribution is 2.59. The summed E-state index contributed by atoms with van der Waals surface area (Å²) in [5.41, 5.74) is 2.19. The fourth-order valence-corrected chi connectivity index (χ4v) is 5.26. The summed E-state index contributed by atoms with van der Waals surface area (Å²) >= 11 is 3.60. The number of hydrogen-bond donors (Lipinski definition) is 0. The fourth-order valence-electron chi connectivity index (χ4n) is 4.71. The Hall–Kier alpha value is -0.220. The van der Waals surface area contributed by atoms with Gasteiger partial charge in [-0.1, -0.05) is 49.2 Å². The zero-order valence-corrected chi connectivity index (χ0v) is 15.1. The molecule has 0 bridgehead atoms. The van der Waals surface area contributed by atoms with Gasteiger partial charge in [-0.15, -0.1) is 11.8 Å². The molecule has 0 radical (unpaired) electrons. The van der Waals surface area contributed by atoms with Crippen LogP contribution in [-0.2, 0) is 0 Å². The van der Waals surface area contributed by atoms with Crippen LogP contribution in [-0.4, -0.2) is 0 Å². The Morgan fingerprint density at radius 1 is 1.35 bits per heavy atom.